The maximum atomic E-state index is 12.6. The van der Waals surface area contributed by atoms with Crippen molar-refractivity contribution in [2.45, 2.75) is 38.6 Å². The van der Waals surface area contributed by atoms with E-state index in [0.717, 1.165) is 24.5 Å². The molecule has 5 heteroatoms. The van der Waals surface area contributed by atoms with Crippen molar-refractivity contribution in [3.05, 3.63) is 48.2 Å². The summed E-state index contributed by atoms with van der Waals surface area (Å²) in [5.74, 6) is 0.728. The van der Waals surface area contributed by atoms with Gasteiger partial charge in [-0.25, -0.2) is 0 Å². The Bertz CT molecular complexity index is 672. The number of hydrogen-bond donors (Lipinski definition) is 0. The summed E-state index contributed by atoms with van der Waals surface area (Å²) < 4.78 is 0. The third-order valence-electron chi connectivity index (χ3n) is 4.71. The molecule has 1 saturated heterocycles. The van der Waals surface area contributed by atoms with Gasteiger partial charge in [0.25, 0.3) is 5.91 Å². The maximum absolute atomic E-state index is 12.6. The lowest BCUT2D eigenvalue weighted by atomic mass is 10.0. The molecule has 24 heavy (non-hydrogen) atoms. The number of carbonyl (C=O) groups is 1. The van der Waals surface area contributed by atoms with E-state index in [1.165, 1.54) is 19.3 Å². The van der Waals surface area contributed by atoms with E-state index in [4.69, 9.17) is 0 Å². The number of aromatic nitrogens is 2. The van der Waals surface area contributed by atoms with E-state index in [1.807, 2.05) is 36.4 Å². The predicted molar refractivity (Wildman–Crippen MR) is 96.5 cm³/mol. The molecule has 3 rings (SSSR count). The quantitative estimate of drug-likeness (QED) is 0.863. The lowest BCUT2D eigenvalue weighted by molar-refractivity contribution is 0.0987. The predicted octanol–water partition coefficient (Wildman–Crippen LogP) is 3.52. The first-order chi connectivity index (χ1) is 11.7. The standard InChI is InChI=1S/C19H24N4O/c1-3-15-9-7-8-14-23(15)18-13-12-17(20-21-18)19(24)22(2)16-10-5-4-6-11-16/h4-6,10-13,15H,3,7-9,14H2,1-2H3. The average Bonchev–Trinajstić information content (AvgIpc) is 2.67. The van der Waals surface area contributed by atoms with Crippen LogP contribution in [0.2, 0.25) is 0 Å². The highest BCUT2D eigenvalue weighted by atomic mass is 16.2. The van der Waals surface area contributed by atoms with Gasteiger partial charge in [-0.1, -0.05) is 25.1 Å². The second kappa shape index (κ2) is 7.43. The molecule has 0 radical (unpaired) electrons. The summed E-state index contributed by atoms with van der Waals surface area (Å²) in [6.07, 6.45) is 4.78. The number of hydrogen-bond acceptors (Lipinski definition) is 4. The van der Waals surface area contributed by atoms with Crippen LogP contribution < -0.4 is 9.80 Å². The van der Waals surface area contributed by atoms with E-state index in [-0.39, 0.29) is 5.91 Å². The molecule has 1 aliphatic rings. The smallest absolute Gasteiger partial charge is 0.278 e. The average molecular weight is 324 g/mol. The SMILES string of the molecule is CCC1CCCCN1c1ccc(C(=O)N(C)c2ccccc2)nn1. The molecular formula is C19H24N4O. The minimum Gasteiger partial charge on any atom is -0.352 e. The highest BCUT2D eigenvalue weighted by Gasteiger charge is 2.23. The molecule has 0 saturated carbocycles. The van der Waals surface area contributed by atoms with Crippen molar-refractivity contribution in [3.63, 3.8) is 0 Å². The van der Waals surface area contributed by atoms with E-state index in [1.54, 1.807) is 18.0 Å². The Hall–Kier alpha value is -2.43. The van der Waals surface area contributed by atoms with Crippen molar-refractivity contribution in [2.75, 3.05) is 23.4 Å². The van der Waals surface area contributed by atoms with Crippen molar-refractivity contribution >= 4 is 17.4 Å². The fourth-order valence-electron chi connectivity index (χ4n) is 3.26. The molecular weight excluding hydrogens is 300 g/mol. The lowest BCUT2D eigenvalue weighted by Crippen LogP contribution is -2.39. The van der Waals surface area contributed by atoms with Crippen LogP contribution in [0.4, 0.5) is 11.5 Å². The molecule has 0 bridgehead atoms. The van der Waals surface area contributed by atoms with Crippen molar-refractivity contribution in [2.24, 2.45) is 0 Å². The molecule has 1 unspecified atom stereocenters. The van der Waals surface area contributed by atoms with Gasteiger partial charge < -0.3 is 9.80 Å². The number of rotatable bonds is 4. The molecule has 0 N–H and O–H groups in total. The number of amides is 1. The van der Waals surface area contributed by atoms with Gasteiger partial charge in [-0.3, -0.25) is 4.79 Å². The third-order valence-corrected chi connectivity index (χ3v) is 4.71. The zero-order valence-corrected chi connectivity index (χ0v) is 14.4. The van der Waals surface area contributed by atoms with Gasteiger partial charge >= 0.3 is 0 Å². The van der Waals surface area contributed by atoms with Crippen LogP contribution in [0.15, 0.2) is 42.5 Å². The maximum Gasteiger partial charge on any atom is 0.278 e. The van der Waals surface area contributed by atoms with Gasteiger partial charge in [0.05, 0.1) is 0 Å². The lowest BCUT2D eigenvalue weighted by Gasteiger charge is -2.35. The molecule has 1 aromatic heterocycles. The van der Waals surface area contributed by atoms with E-state index in [9.17, 15) is 4.79 Å². The number of piperidine rings is 1. The van der Waals surface area contributed by atoms with Crippen LogP contribution >= 0.6 is 0 Å². The molecule has 2 aromatic rings. The number of anilines is 2. The van der Waals surface area contributed by atoms with Crippen LogP contribution in [-0.4, -0.2) is 35.7 Å². The summed E-state index contributed by atoms with van der Waals surface area (Å²) in [5.41, 5.74) is 1.21. The van der Waals surface area contributed by atoms with E-state index >= 15 is 0 Å². The Morgan fingerprint density at radius 3 is 2.62 bits per heavy atom. The Morgan fingerprint density at radius 2 is 1.96 bits per heavy atom. The van der Waals surface area contributed by atoms with Crippen LogP contribution in [0.25, 0.3) is 0 Å². The fourth-order valence-corrected chi connectivity index (χ4v) is 3.26. The normalized spacial score (nSPS) is 17.6. The Morgan fingerprint density at radius 1 is 1.17 bits per heavy atom. The second-order valence-corrected chi connectivity index (χ2v) is 6.23. The summed E-state index contributed by atoms with van der Waals surface area (Å²) in [6.45, 7) is 3.23. The topological polar surface area (TPSA) is 49.3 Å². The van der Waals surface area contributed by atoms with Crippen molar-refractivity contribution in [3.8, 4) is 0 Å². The Kier molecular flexibility index (Phi) is 5.08. The van der Waals surface area contributed by atoms with Gasteiger partial charge in [0, 0.05) is 25.3 Å². The van der Waals surface area contributed by atoms with Gasteiger partial charge in [0.1, 0.15) is 0 Å². The van der Waals surface area contributed by atoms with E-state index < -0.39 is 0 Å². The summed E-state index contributed by atoms with van der Waals surface area (Å²) in [7, 11) is 1.75. The van der Waals surface area contributed by atoms with Crippen LogP contribution in [0.3, 0.4) is 0 Å². The van der Waals surface area contributed by atoms with E-state index in [0.29, 0.717) is 11.7 Å². The number of benzene rings is 1. The van der Waals surface area contributed by atoms with Crippen molar-refractivity contribution < 1.29 is 4.79 Å². The Labute approximate surface area is 143 Å². The first-order valence-electron chi connectivity index (χ1n) is 8.64. The first kappa shape index (κ1) is 16.4. The zero-order valence-electron chi connectivity index (χ0n) is 14.4. The molecule has 1 atom stereocenters. The minimum absolute atomic E-state index is 0.147. The number of carbonyl (C=O) groups excluding carboxylic acids is 1. The molecule has 0 aliphatic carbocycles. The third kappa shape index (κ3) is 3.40. The summed E-state index contributed by atoms with van der Waals surface area (Å²) in [5, 5.41) is 8.51. The van der Waals surface area contributed by atoms with Crippen molar-refractivity contribution in [1.82, 2.24) is 10.2 Å². The zero-order chi connectivity index (χ0) is 16.9. The monoisotopic (exact) mass is 324 g/mol. The number of nitrogens with zero attached hydrogens (tertiary/aromatic N) is 4. The van der Waals surface area contributed by atoms with Crippen LogP contribution in [0.5, 0.6) is 0 Å². The molecule has 0 spiro atoms. The summed E-state index contributed by atoms with van der Waals surface area (Å²) >= 11 is 0. The van der Waals surface area contributed by atoms with Crippen LogP contribution in [0, 0.1) is 0 Å². The molecule has 1 amide bonds. The highest BCUT2D eigenvalue weighted by Crippen LogP contribution is 2.24. The van der Waals surface area contributed by atoms with Gasteiger partial charge in [-0.05, 0) is 49.9 Å². The summed E-state index contributed by atoms with van der Waals surface area (Å²) in [6, 6.07) is 13.8. The fraction of sp³-hybridized carbons (Fsp3) is 0.421. The largest absolute Gasteiger partial charge is 0.352 e. The van der Waals surface area contributed by atoms with Crippen LogP contribution in [-0.2, 0) is 0 Å². The molecule has 5 nitrogen and oxygen atoms in total. The van der Waals surface area contributed by atoms with Crippen LogP contribution in [0.1, 0.15) is 43.1 Å². The molecule has 1 fully saturated rings. The Balaban J connectivity index is 1.75. The second-order valence-electron chi connectivity index (χ2n) is 6.23. The van der Waals surface area contributed by atoms with Gasteiger partial charge in [-0.2, -0.15) is 0 Å². The van der Waals surface area contributed by atoms with Crippen molar-refractivity contribution in [1.29, 1.82) is 0 Å². The minimum atomic E-state index is -0.147. The molecule has 1 aliphatic heterocycles. The summed E-state index contributed by atoms with van der Waals surface area (Å²) in [4.78, 5) is 16.5. The van der Waals surface area contributed by atoms with Gasteiger partial charge in [-0.15, -0.1) is 10.2 Å². The van der Waals surface area contributed by atoms with E-state index in [2.05, 4.69) is 22.0 Å². The molecule has 126 valence electrons. The molecule has 2 heterocycles. The number of para-hydroxylation sites is 1. The molecule has 1 aromatic carbocycles. The highest BCUT2D eigenvalue weighted by molar-refractivity contribution is 6.04. The van der Waals surface area contributed by atoms with Gasteiger partial charge in [0.15, 0.2) is 11.5 Å². The van der Waals surface area contributed by atoms with Gasteiger partial charge in [0.2, 0.25) is 0 Å². The first-order valence-corrected chi connectivity index (χ1v) is 8.64.